The lowest BCUT2D eigenvalue weighted by Gasteiger charge is -2.05. The van der Waals surface area contributed by atoms with Crippen LogP contribution in [0, 0.1) is 6.92 Å². The zero-order valence-corrected chi connectivity index (χ0v) is 12.7. The summed E-state index contributed by atoms with van der Waals surface area (Å²) in [5, 5.41) is 10.4. The van der Waals surface area contributed by atoms with Crippen molar-refractivity contribution in [3.8, 4) is 0 Å². The van der Waals surface area contributed by atoms with E-state index in [4.69, 9.17) is 0 Å². The Bertz CT molecular complexity index is 515. The summed E-state index contributed by atoms with van der Waals surface area (Å²) in [7, 11) is 0. The molecule has 0 aromatic carbocycles. The third-order valence-corrected chi connectivity index (χ3v) is 6.66. The summed E-state index contributed by atoms with van der Waals surface area (Å²) in [6.45, 7) is 2.07. The number of aliphatic hydroxyl groups excluding tert-OH is 1. The van der Waals surface area contributed by atoms with Crippen LogP contribution in [-0.4, -0.2) is 5.11 Å². The van der Waals surface area contributed by atoms with E-state index in [1.54, 1.807) is 22.7 Å². The molecule has 2 aromatic heterocycles. The van der Waals surface area contributed by atoms with Crippen molar-refractivity contribution in [2.45, 2.75) is 32.3 Å². The molecule has 1 aliphatic rings. The van der Waals surface area contributed by atoms with E-state index in [-0.39, 0.29) is 0 Å². The van der Waals surface area contributed by atoms with Crippen LogP contribution in [0.15, 0.2) is 16.6 Å². The second-order valence-corrected chi connectivity index (χ2v) is 7.72. The van der Waals surface area contributed by atoms with Gasteiger partial charge < -0.3 is 5.11 Å². The Labute approximate surface area is 117 Å². The molecule has 17 heavy (non-hydrogen) atoms. The Morgan fingerprint density at radius 1 is 1.24 bits per heavy atom. The zero-order chi connectivity index (χ0) is 12.0. The number of fused-ring (bicyclic) bond motifs is 1. The van der Waals surface area contributed by atoms with E-state index in [1.807, 2.05) is 6.07 Å². The molecule has 0 bridgehead atoms. The van der Waals surface area contributed by atoms with Gasteiger partial charge in [0.1, 0.15) is 6.10 Å². The molecule has 0 saturated carbocycles. The summed E-state index contributed by atoms with van der Waals surface area (Å²) >= 11 is 6.95. The minimum atomic E-state index is -0.444. The third-order valence-electron chi connectivity index (χ3n) is 3.18. The van der Waals surface area contributed by atoms with Crippen molar-refractivity contribution in [1.29, 1.82) is 0 Å². The highest BCUT2D eigenvalue weighted by Crippen LogP contribution is 2.39. The predicted molar refractivity (Wildman–Crippen MR) is 77.2 cm³/mol. The SMILES string of the molecule is Cc1sc(C(O)c2cc3c(s2)CCC3)cc1Br. The van der Waals surface area contributed by atoms with E-state index < -0.39 is 6.10 Å². The van der Waals surface area contributed by atoms with Crippen molar-refractivity contribution in [2.75, 3.05) is 0 Å². The van der Waals surface area contributed by atoms with Crippen molar-refractivity contribution >= 4 is 38.6 Å². The maximum Gasteiger partial charge on any atom is 0.122 e. The molecule has 0 radical (unpaired) electrons. The van der Waals surface area contributed by atoms with Crippen molar-refractivity contribution in [3.05, 3.63) is 41.7 Å². The fourth-order valence-corrected chi connectivity index (χ4v) is 5.15. The summed E-state index contributed by atoms with van der Waals surface area (Å²) in [5.41, 5.74) is 1.45. The molecule has 2 heterocycles. The summed E-state index contributed by atoms with van der Waals surface area (Å²) in [5.74, 6) is 0. The maximum atomic E-state index is 10.4. The third kappa shape index (κ3) is 2.12. The Balaban J connectivity index is 1.92. The van der Waals surface area contributed by atoms with Gasteiger partial charge >= 0.3 is 0 Å². The number of aliphatic hydroxyl groups is 1. The highest BCUT2D eigenvalue weighted by Gasteiger charge is 2.21. The van der Waals surface area contributed by atoms with Crippen molar-refractivity contribution in [1.82, 2.24) is 0 Å². The van der Waals surface area contributed by atoms with Crippen LogP contribution in [0.5, 0.6) is 0 Å². The van der Waals surface area contributed by atoms with E-state index in [0.717, 1.165) is 14.2 Å². The lowest BCUT2D eigenvalue weighted by Crippen LogP contribution is -1.93. The van der Waals surface area contributed by atoms with Gasteiger partial charge in [0.15, 0.2) is 0 Å². The van der Waals surface area contributed by atoms with Crippen LogP contribution in [0.1, 0.15) is 37.6 Å². The van der Waals surface area contributed by atoms with Gasteiger partial charge in [0.2, 0.25) is 0 Å². The van der Waals surface area contributed by atoms with Gasteiger partial charge in [-0.25, -0.2) is 0 Å². The van der Waals surface area contributed by atoms with Gasteiger partial charge in [-0.3, -0.25) is 0 Å². The fourth-order valence-electron chi connectivity index (χ4n) is 2.24. The first kappa shape index (κ1) is 11.9. The number of aryl methyl sites for hydroxylation is 3. The van der Waals surface area contributed by atoms with Crippen LogP contribution >= 0.6 is 38.6 Å². The average Bonchev–Trinajstić information content (AvgIpc) is 2.92. The summed E-state index contributed by atoms with van der Waals surface area (Å²) in [4.78, 5) is 4.84. The molecule has 3 rings (SSSR count). The number of halogens is 1. The largest absolute Gasteiger partial charge is 0.382 e. The molecule has 0 fully saturated rings. The molecule has 90 valence electrons. The molecule has 1 nitrogen and oxygen atoms in total. The van der Waals surface area contributed by atoms with Gasteiger partial charge in [-0.15, -0.1) is 22.7 Å². The molecular weight excluding hydrogens is 316 g/mol. The van der Waals surface area contributed by atoms with Gasteiger partial charge in [0.25, 0.3) is 0 Å². The van der Waals surface area contributed by atoms with Crippen molar-refractivity contribution < 1.29 is 5.11 Å². The van der Waals surface area contributed by atoms with Gasteiger partial charge in [-0.1, -0.05) is 0 Å². The molecule has 1 atom stereocenters. The van der Waals surface area contributed by atoms with Crippen LogP contribution in [0.4, 0.5) is 0 Å². The molecule has 0 spiro atoms. The van der Waals surface area contributed by atoms with Crippen molar-refractivity contribution in [2.24, 2.45) is 0 Å². The topological polar surface area (TPSA) is 20.2 Å². The molecule has 1 N–H and O–H groups in total. The van der Waals surface area contributed by atoms with Crippen LogP contribution in [-0.2, 0) is 12.8 Å². The van der Waals surface area contributed by atoms with Gasteiger partial charge in [0, 0.05) is 24.0 Å². The number of hydrogen-bond donors (Lipinski definition) is 1. The predicted octanol–water partition coefficient (Wildman–Crippen LogP) is 4.45. The highest BCUT2D eigenvalue weighted by atomic mass is 79.9. The maximum absolute atomic E-state index is 10.4. The standard InChI is InChI=1S/C13H13BrOS2/c1-7-9(14)6-12(16-7)13(15)11-5-8-3-2-4-10(8)17-11/h5-6,13,15H,2-4H2,1H3. The fraction of sp³-hybridized carbons (Fsp3) is 0.385. The summed E-state index contributed by atoms with van der Waals surface area (Å²) in [6.07, 6.45) is 3.22. The van der Waals surface area contributed by atoms with Gasteiger partial charge in [-0.2, -0.15) is 0 Å². The van der Waals surface area contributed by atoms with E-state index in [2.05, 4.69) is 28.9 Å². The Morgan fingerprint density at radius 3 is 2.65 bits per heavy atom. The number of hydrogen-bond acceptors (Lipinski definition) is 3. The molecule has 1 aliphatic carbocycles. The molecule has 0 aliphatic heterocycles. The molecule has 1 unspecified atom stereocenters. The second kappa shape index (κ2) is 4.50. The second-order valence-electron chi connectivity index (χ2n) is 4.41. The van der Waals surface area contributed by atoms with E-state index in [9.17, 15) is 5.11 Å². The summed E-state index contributed by atoms with van der Waals surface area (Å²) < 4.78 is 1.10. The monoisotopic (exact) mass is 328 g/mol. The first-order valence-corrected chi connectivity index (χ1v) is 8.13. The quantitative estimate of drug-likeness (QED) is 0.863. The zero-order valence-electron chi connectivity index (χ0n) is 9.50. The lowest BCUT2D eigenvalue weighted by atomic mass is 10.2. The van der Waals surface area contributed by atoms with Crippen LogP contribution < -0.4 is 0 Å². The van der Waals surface area contributed by atoms with Crippen LogP contribution in [0.2, 0.25) is 0 Å². The highest BCUT2D eigenvalue weighted by molar-refractivity contribution is 9.10. The van der Waals surface area contributed by atoms with Crippen molar-refractivity contribution in [3.63, 3.8) is 0 Å². The van der Waals surface area contributed by atoms with Gasteiger partial charge in [-0.05, 0) is 59.8 Å². The number of thiophene rings is 2. The minimum Gasteiger partial charge on any atom is -0.382 e. The summed E-state index contributed by atoms with van der Waals surface area (Å²) in [6, 6.07) is 4.23. The Kier molecular flexibility index (Phi) is 3.15. The lowest BCUT2D eigenvalue weighted by molar-refractivity contribution is 0.228. The smallest absolute Gasteiger partial charge is 0.122 e. The van der Waals surface area contributed by atoms with Gasteiger partial charge in [0.05, 0.1) is 0 Å². The molecule has 0 amide bonds. The molecule has 4 heteroatoms. The van der Waals surface area contributed by atoms with E-state index >= 15 is 0 Å². The molecule has 0 saturated heterocycles. The molecular formula is C13H13BrOS2. The average molecular weight is 329 g/mol. The normalized spacial score (nSPS) is 16.2. The minimum absolute atomic E-state index is 0.444. The van der Waals surface area contributed by atoms with Crippen LogP contribution in [0.3, 0.4) is 0 Å². The Hall–Kier alpha value is -0.160. The van der Waals surface area contributed by atoms with Crippen LogP contribution in [0.25, 0.3) is 0 Å². The number of rotatable bonds is 2. The first-order chi connectivity index (χ1) is 8.15. The molecule has 2 aromatic rings. The first-order valence-electron chi connectivity index (χ1n) is 5.70. The Morgan fingerprint density at radius 2 is 2.00 bits per heavy atom. The van der Waals surface area contributed by atoms with E-state index in [1.165, 1.54) is 34.6 Å². The van der Waals surface area contributed by atoms with E-state index in [0.29, 0.717) is 0 Å².